The molecule has 2 rings (SSSR count). The van der Waals surface area contributed by atoms with Gasteiger partial charge in [0.15, 0.2) is 0 Å². The van der Waals surface area contributed by atoms with E-state index >= 15 is 0 Å². The fourth-order valence-electron chi connectivity index (χ4n) is 2.35. The summed E-state index contributed by atoms with van der Waals surface area (Å²) in [5.74, 6) is 0.265. The van der Waals surface area contributed by atoms with Crippen molar-refractivity contribution in [1.29, 1.82) is 0 Å². The summed E-state index contributed by atoms with van der Waals surface area (Å²) in [6.07, 6.45) is 2.00. The third-order valence-corrected chi connectivity index (χ3v) is 3.62. The second-order valence-corrected chi connectivity index (χ2v) is 4.90. The van der Waals surface area contributed by atoms with Gasteiger partial charge in [0, 0.05) is 18.7 Å². The predicted molar refractivity (Wildman–Crippen MR) is 70.8 cm³/mol. The van der Waals surface area contributed by atoms with Crippen molar-refractivity contribution in [2.75, 3.05) is 20.1 Å². The van der Waals surface area contributed by atoms with Gasteiger partial charge >= 0.3 is 0 Å². The Kier molecular flexibility index (Phi) is 3.87. The van der Waals surface area contributed by atoms with E-state index in [4.69, 9.17) is 0 Å². The van der Waals surface area contributed by atoms with Crippen LogP contribution >= 0.6 is 0 Å². The number of nitrogens with one attached hydrogen (secondary N) is 1. The Bertz CT molecular complexity index is 439. The molecule has 4 heteroatoms. The van der Waals surface area contributed by atoms with Crippen LogP contribution in [0, 0.1) is 6.92 Å². The molecule has 0 aliphatic carbocycles. The highest BCUT2D eigenvalue weighted by atomic mass is 16.3. The second-order valence-electron chi connectivity index (χ2n) is 4.90. The molecule has 1 aromatic rings. The van der Waals surface area contributed by atoms with Gasteiger partial charge in [0.2, 0.25) is 0 Å². The van der Waals surface area contributed by atoms with Crippen molar-refractivity contribution in [3.8, 4) is 5.75 Å². The molecule has 2 N–H and O–H groups in total. The molecule has 0 unspecified atom stereocenters. The zero-order chi connectivity index (χ0) is 13.1. The van der Waals surface area contributed by atoms with Crippen molar-refractivity contribution in [2.24, 2.45) is 0 Å². The summed E-state index contributed by atoms with van der Waals surface area (Å²) in [6, 6.07) is 5.32. The number of carbonyl (C=O) groups is 1. The van der Waals surface area contributed by atoms with E-state index in [0.29, 0.717) is 11.6 Å². The van der Waals surface area contributed by atoms with Crippen LogP contribution in [0.1, 0.15) is 28.8 Å². The summed E-state index contributed by atoms with van der Waals surface area (Å²) in [7, 11) is 1.86. The van der Waals surface area contributed by atoms with Crippen LogP contribution in [0.2, 0.25) is 0 Å². The average molecular weight is 248 g/mol. The molecule has 1 aliphatic rings. The number of aromatic hydroxyl groups is 1. The zero-order valence-electron chi connectivity index (χ0n) is 10.9. The van der Waals surface area contributed by atoms with Gasteiger partial charge in [-0.25, -0.2) is 0 Å². The molecule has 98 valence electrons. The van der Waals surface area contributed by atoms with E-state index in [1.807, 2.05) is 11.9 Å². The first kappa shape index (κ1) is 12.9. The summed E-state index contributed by atoms with van der Waals surface area (Å²) < 4.78 is 0. The number of rotatable bonds is 2. The molecule has 1 aliphatic heterocycles. The molecule has 0 atom stereocenters. The van der Waals surface area contributed by atoms with Crippen molar-refractivity contribution in [2.45, 2.75) is 25.8 Å². The Balaban J connectivity index is 2.11. The Labute approximate surface area is 108 Å². The molecule has 1 fully saturated rings. The third kappa shape index (κ3) is 2.64. The Hall–Kier alpha value is -1.55. The van der Waals surface area contributed by atoms with Crippen LogP contribution in [0.25, 0.3) is 0 Å². The largest absolute Gasteiger partial charge is 0.508 e. The topological polar surface area (TPSA) is 52.6 Å². The SMILES string of the molecule is Cc1cc(C(=O)N(C)C2CCNCC2)ccc1O. The number of benzene rings is 1. The van der Waals surface area contributed by atoms with Crippen molar-refractivity contribution < 1.29 is 9.90 Å². The smallest absolute Gasteiger partial charge is 0.253 e. The maximum absolute atomic E-state index is 12.3. The number of piperidine rings is 1. The fourth-order valence-corrected chi connectivity index (χ4v) is 2.35. The summed E-state index contributed by atoms with van der Waals surface area (Å²) in [4.78, 5) is 14.2. The second kappa shape index (κ2) is 5.40. The molecule has 0 bridgehead atoms. The monoisotopic (exact) mass is 248 g/mol. The van der Waals surface area contributed by atoms with E-state index in [0.717, 1.165) is 31.5 Å². The quantitative estimate of drug-likeness (QED) is 0.834. The molecule has 1 saturated heterocycles. The number of carbonyl (C=O) groups excluding carboxylic acids is 1. The first-order valence-corrected chi connectivity index (χ1v) is 6.37. The van der Waals surface area contributed by atoms with Crippen LogP contribution in [0.3, 0.4) is 0 Å². The van der Waals surface area contributed by atoms with E-state index in [1.54, 1.807) is 25.1 Å². The zero-order valence-corrected chi connectivity index (χ0v) is 10.9. The molecule has 18 heavy (non-hydrogen) atoms. The van der Waals surface area contributed by atoms with Crippen LogP contribution in [-0.4, -0.2) is 42.1 Å². The number of amides is 1. The lowest BCUT2D eigenvalue weighted by Gasteiger charge is -2.31. The van der Waals surface area contributed by atoms with Gasteiger partial charge in [-0.2, -0.15) is 0 Å². The highest BCUT2D eigenvalue weighted by Crippen LogP contribution is 2.19. The minimum absolute atomic E-state index is 0.0324. The molecule has 0 aromatic heterocycles. The van der Waals surface area contributed by atoms with Gasteiger partial charge in [-0.1, -0.05) is 0 Å². The van der Waals surface area contributed by atoms with Gasteiger partial charge in [0.25, 0.3) is 5.91 Å². The standard InChI is InChI=1S/C14H20N2O2/c1-10-9-11(3-4-13(10)17)14(18)16(2)12-5-7-15-8-6-12/h3-4,9,12,15,17H,5-8H2,1-2H3. The van der Waals surface area contributed by atoms with Crippen molar-refractivity contribution in [3.05, 3.63) is 29.3 Å². The van der Waals surface area contributed by atoms with Gasteiger partial charge in [-0.3, -0.25) is 4.79 Å². The molecule has 4 nitrogen and oxygen atoms in total. The van der Waals surface area contributed by atoms with Crippen LogP contribution in [-0.2, 0) is 0 Å². The number of phenols is 1. The first-order chi connectivity index (χ1) is 8.59. The maximum Gasteiger partial charge on any atom is 0.253 e. The molecule has 1 aromatic carbocycles. The lowest BCUT2D eigenvalue weighted by atomic mass is 10.0. The maximum atomic E-state index is 12.3. The van der Waals surface area contributed by atoms with Crippen LogP contribution in [0.15, 0.2) is 18.2 Å². The van der Waals surface area contributed by atoms with Gasteiger partial charge in [-0.15, -0.1) is 0 Å². The normalized spacial score (nSPS) is 16.6. The fraction of sp³-hybridized carbons (Fsp3) is 0.500. The van der Waals surface area contributed by atoms with Gasteiger partial charge < -0.3 is 15.3 Å². The van der Waals surface area contributed by atoms with Crippen LogP contribution < -0.4 is 5.32 Å². The molecule has 1 amide bonds. The molecule has 0 spiro atoms. The van der Waals surface area contributed by atoms with Crippen molar-refractivity contribution in [3.63, 3.8) is 0 Å². The van der Waals surface area contributed by atoms with Crippen molar-refractivity contribution >= 4 is 5.91 Å². The van der Waals surface area contributed by atoms with E-state index in [-0.39, 0.29) is 11.7 Å². The Morgan fingerprint density at radius 2 is 2.06 bits per heavy atom. The Morgan fingerprint density at radius 3 is 2.67 bits per heavy atom. The van der Waals surface area contributed by atoms with Gasteiger partial charge in [0.1, 0.15) is 5.75 Å². The lowest BCUT2D eigenvalue weighted by Crippen LogP contribution is -2.43. The van der Waals surface area contributed by atoms with E-state index < -0.39 is 0 Å². The summed E-state index contributed by atoms with van der Waals surface area (Å²) in [5.41, 5.74) is 1.38. The minimum Gasteiger partial charge on any atom is -0.508 e. The predicted octanol–water partition coefficient (Wildman–Crippen LogP) is 1.52. The number of aryl methyl sites for hydroxylation is 1. The molecule has 1 heterocycles. The van der Waals surface area contributed by atoms with E-state index in [9.17, 15) is 9.90 Å². The number of hydrogen-bond donors (Lipinski definition) is 2. The highest BCUT2D eigenvalue weighted by Gasteiger charge is 2.22. The average Bonchev–Trinajstić information content (AvgIpc) is 2.41. The van der Waals surface area contributed by atoms with E-state index in [1.165, 1.54) is 0 Å². The first-order valence-electron chi connectivity index (χ1n) is 6.37. The number of hydrogen-bond acceptors (Lipinski definition) is 3. The van der Waals surface area contributed by atoms with Crippen molar-refractivity contribution in [1.82, 2.24) is 10.2 Å². The summed E-state index contributed by atoms with van der Waals surface area (Å²) in [6.45, 7) is 3.74. The lowest BCUT2D eigenvalue weighted by molar-refractivity contribution is 0.0703. The summed E-state index contributed by atoms with van der Waals surface area (Å²) in [5, 5.41) is 12.8. The van der Waals surface area contributed by atoms with Gasteiger partial charge in [0.05, 0.1) is 0 Å². The molecular formula is C14H20N2O2. The summed E-state index contributed by atoms with van der Waals surface area (Å²) >= 11 is 0. The van der Waals surface area contributed by atoms with Crippen LogP contribution in [0.5, 0.6) is 5.75 Å². The minimum atomic E-state index is 0.0324. The highest BCUT2D eigenvalue weighted by molar-refractivity contribution is 5.94. The number of nitrogens with zero attached hydrogens (tertiary/aromatic N) is 1. The molecule has 0 radical (unpaired) electrons. The molecular weight excluding hydrogens is 228 g/mol. The number of phenolic OH excluding ortho intramolecular Hbond substituents is 1. The molecule has 0 saturated carbocycles. The van der Waals surface area contributed by atoms with Crippen LogP contribution in [0.4, 0.5) is 0 Å². The van der Waals surface area contributed by atoms with E-state index in [2.05, 4.69) is 5.32 Å². The Morgan fingerprint density at radius 1 is 1.39 bits per heavy atom. The van der Waals surface area contributed by atoms with Gasteiger partial charge in [-0.05, 0) is 56.6 Å². The third-order valence-electron chi connectivity index (χ3n) is 3.62.